The van der Waals surface area contributed by atoms with E-state index in [0.29, 0.717) is 12.1 Å². The minimum atomic E-state index is -0.178. The highest BCUT2D eigenvalue weighted by atomic mass is 19.1. The topological polar surface area (TPSA) is 23.5 Å². The summed E-state index contributed by atoms with van der Waals surface area (Å²) in [4.78, 5) is 2.15. The monoisotopic (exact) mass is 271 g/mol. The van der Waals surface area contributed by atoms with Gasteiger partial charge in [0.15, 0.2) is 0 Å². The molecule has 0 aliphatic carbocycles. The lowest BCUT2D eigenvalue weighted by molar-refractivity contribution is 0.107. The first-order chi connectivity index (χ1) is 9.79. The predicted octanol–water partition coefficient (Wildman–Crippen LogP) is 2.92. The Balaban J connectivity index is 1.87. The fourth-order valence-corrected chi connectivity index (χ4v) is 2.95. The van der Waals surface area contributed by atoms with Gasteiger partial charge in [0.05, 0.1) is 12.6 Å². The molecule has 2 aromatic carbocycles. The molecule has 0 amide bonds. The van der Waals surface area contributed by atoms with Gasteiger partial charge in [-0.15, -0.1) is 0 Å². The van der Waals surface area contributed by atoms with E-state index in [-0.39, 0.29) is 18.5 Å². The van der Waals surface area contributed by atoms with Crippen molar-refractivity contribution in [1.82, 2.24) is 4.90 Å². The van der Waals surface area contributed by atoms with Crippen LogP contribution in [0.2, 0.25) is 0 Å². The van der Waals surface area contributed by atoms with Crippen LogP contribution in [0.1, 0.15) is 22.7 Å². The summed E-state index contributed by atoms with van der Waals surface area (Å²) >= 11 is 0. The minimum absolute atomic E-state index is 0.0421. The van der Waals surface area contributed by atoms with Gasteiger partial charge in [-0.05, 0) is 23.6 Å². The lowest BCUT2D eigenvalue weighted by Crippen LogP contribution is -2.37. The van der Waals surface area contributed by atoms with E-state index in [2.05, 4.69) is 17.0 Å². The fourth-order valence-electron chi connectivity index (χ4n) is 2.95. The molecule has 2 aromatic rings. The van der Waals surface area contributed by atoms with Crippen LogP contribution in [0, 0.1) is 5.82 Å². The Kier molecular flexibility index (Phi) is 3.81. The van der Waals surface area contributed by atoms with Crippen LogP contribution in [0.15, 0.2) is 48.5 Å². The number of aliphatic hydroxyl groups is 1. The van der Waals surface area contributed by atoms with Gasteiger partial charge in [0.2, 0.25) is 0 Å². The van der Waals surface area contributed by atoms with E-state index in [4.69, 9.17) is 0 Å². The van der Waals surface area contributed by atoms with Crippen molar-refractivity contribution in [3.05, 3.63) is 71.0 Å². The number of aliphatic hydroxyl groups excluding tert-OH is 1. The van der Waals surface area contributed by atoms with E-state index in [9.17, 15) is 9.50 Å². The first kappa shape index (κ1) is 13.3. The molecule has 0 fully saturated rings. The van der Waals surface area contributed by atoms with E-state index in [1.807, 2.05) is 24.3 Å². The van der Waals surface area contributed by atoms with E-state index >= 15 is 0 Å². The number of rotatable bonds is 3. The summed E-state index contributed by atoms with van der Waals surface area (Å²) in [5, 5.41) is 9.72. The summed E-state index contributed by atoms with van der Waals surface area (Å²) in [7, 11) is 0. The van der Waals surface area contributed by atoms with Crippen LogP contribution in [-0.2, 0) is 13.0 Å². The fraction of sp³-hybridized carbons (Fsp3) is 0.294. The molecule has 1 atom stereocenters. The molecule has 0 saturated carbocycles. The van der Waals surface area contributed by atoms with Gasteiger partial charge in [0.1, 0.15) is 5.82 Å². The van der Waals surface area contributed by atoms with Gasteiger partial charge in [-0.2, -0.15) is 0 Å². The van der Waals surface area contributed by atoms with Crippen molar-refractivity contribution in [3.63, 3.8) is 0 Å². The van der Waals surface area contributed by atoms with Crippen molar-refractivity contribution in [2.75, 3.05) is 13.2 Å². The number of nitrogens with zero attached hydrogens (tertiary/aromatic N) is 1. The Morgan fingerprint density at radius 1 is 1.10 bits per heavy atom. The molecule has 1 aliphatic rings. The third-order valence-electron chi connectivity index (χ3n) is 4.03. The molecule has 104 valence electrons. The molecule has 1 aliphatic heterocycles. The largest absolute Gasteiger partial charge is 0.394 e. The summed E-state index contributed by atoms with van der Waals surface area (Å²) in [5.41, 5.74) is 3.14. The zero-order valence-corrected chi connectivity index (χ0v) is 11.3. The Hall–Kier alpha value is -1.71. The van der Waals surface area contributed by atoms with Gasteiger partial charge in [0, 0.05) is 18.7 Å². The summed E-state index contributed by atoms with van der Waals surface area (Å²) in [6, 6.07) is 15.0. The molecule has 0 radical (unpaired) electrons. The SMILES string of the molecule is OCC1c2ccccc2CCN1Cc1ccccc1F. The lowest BCUT2D eigenvalue weighted by atomic mass is 9.92. The van der Waals surface area contributed by atoms with Gasteiger partial charge in [0.25, 0.3) is 0 Å². The highest BCUT2D eigenvalue weighted by Crippen LogP contribution is 2.30. The van der Waals surface area contributed by atoms with E-state index < -0.39 is 0 Å². The molecular weight excluding hydrogens is 253 g/mol. The smallest absolute Gasteiger partial charge is 0.127 e. The van der Waals surface area contributed by atoms with Crippen LogP contribution >= 0.6 is 0 Å². The van der Waals surface area contributed by atoms with Crippen molar-refractivity contribution in [1.29, 1.82) is 0 Å². The Morgan fingerprint density at radius 2 is 1.85 bits per heavy atom. The maximum absolute atomic E-state index is 13.8. The van der Waals surface area contributed by atoms with Gasteiger partial charge in [-0.25, -0.2) is 4.39 Å². The molecule has 3 heteroatoms. The van der Waals surface area contributed by atoms with Crippen molar-refractivity contribution >= 4 is 0 Å². The van der Waals surface area contributed by atoms with Crippen LogP contribution < -0.4 is 0 Å². The Labute approximate surface area is 118 Å². The van der Waals surface area contributed by atoms with Crippen molar-refractivity contribution in [3.8, 4) is 0 Å². The van der Waals surface area contributed by atoms with Crippen LogP contribution in [0.25, 0.3) is 0 Å². The average molecular weight is 271 g/mol. The average Bonchev–Trinajstić information content (AvgIpc) is 2.49. The second-order valence-corrected chi connectivity index (χ2v) is 5.21. The van der Waals surface area contributed by atoms with Gasteiger partial charge < -0.3 is 5.11 Å². The van der Waals surface area contributed by atoms with E-state index in [1.54, 1.807) is 6.07 Å². The zero-order chi connectivity index (χ0) is 13.9. The number of fused-ring (bicyclic) bond motifs is 1. The second-order valence-electron chi connectivity index (χ2n) is 5.21. The normalized spacial score (nSPS) is 18.8. The second kappa shape index (κ2) is 5.73. The molecule has 20 heavy (non-hydrogen) atoms. The van der Waals surface area contributed by atoms with Crippen LogP contribution in [0.4, 0.5) is 4.39 Å². The Morgan fingerprint density at radius 3 is 2.65 bits per heavy atom. The standard InChI is InChI=1S/C17H18FNO/c18-16-8-4-2-6-14(16)11-19-10-9-13-5-1-3-7-15(13)17(19)12-20/h1-8,17,20H,9-12H2. The molecule has 3 rings (SSSR count). The summed E-state index contributed by atoms with van der Waals surface area (Å²) in [5.74, 6) is -0.178. The van der Waals surface area contributed by atoms with Crippen LogP contribution in [0.3, 0.4) is 0 Å². The van der Waals surface area contributed by atoms with Crippen molar-refractivity contribution in [2.45, 2.75) is 19.0 Å². The highest BCUT2D eigenvalue weighted by Gasteiger charge is 2.26. The van der Waals surface area contributed by atoms with Gasteiger partial charge in [-0.3, -0.25) is 4.90 Å². The minimum Gasteiger partial charge on any atom is -0.394 e. The van der Waals surface area contributed by atoms with E-state index in [1.165, 1.54) is 11.6 Å². The van der Waals surface area contributed by atoms with Crippen LogP contribution in [0.5, 0.6) is 0 Å². The molecule has 1 N–H and O–H groups in total. The number of halogens is 1. The van der Waals surface area contributed by atoms with Crippen molar-refractivity contribution < 1.29 is 9.50 Å². The third kappa shape index (κ3) is 2.47. The Bertz CT molecular complexity index is 599. The maximum Gasteiger partial charge on any atom is 0.127 e. The molecule has 1 unspecified atom stereocenters. The molecule has 0 aromatic heterocycles. The molecule has 1 heterocycles. The molecular formula is C17H18FNO. The first-order valence-electron chi connectivity index (χ1n) is 6.95. The maximum atomic E-state index is 13.8. The first-order valence-corrected chi connectivity index (χ1v) is 6.95. The van der Waals surface area contributed by atoms with Gasteiger partial charge in [-0.1, -0.05) is 42.5 Å². The van der Waals surface area contributed by atoms with Crippen molar-refractivity contribution in [2.24, 2.45) is 0 Å². The van der Waals surface area contributed by atoms with E-state index in [0.717, 1.165) is 18.5 Å². The zero-order valence-electron chi connectivity index (χ0n) is 11.3. The molecule has 0 bridgehead atoms. The highest BCUT2D eigenvalue weighted by molar-refractivity contribution is 5.33. The third-order valence-corrected chi connectivity index (χ3v) is 4.03. The lowest BCUT2D eigenvalue weighted by Gasteiger charge is -2.36. The summed E-state index contributed by atoms with van der Waals surface area (Å²) < 4.78 is 13.8. The molecule has 0 spiro atoms. The molecule has 2 nitrogen and oxygen atoms in total. The summed E-state index contributed by atoms with van der Waals surface area (Å²) in [6.45, 7) is 1.44. The number of hydrogen-bond acceptors (Lipinski definition) is 2. The predicted molar refractivity (Wildman–Crippen MR) is 76.8 cm³/mol. The van der Waals surface area contributed by atoms with Gasteiger partial charge >= 0.3 is 0 Å². The molecule has 0 saturated heterocycles. The number of hydrogen-bond donors (Lipinski definition) is 1. The van der Waals surface area contributed by atoms with Crippen LogP contribution in [-0.4, -0.2) is 23.2 Å². The quantitative estimate of drug-likeness (QED) is 0.928. The summed E-state index contributed by atoms with van der Waals surface area (Å²) in [6.07, 6.45) is 0.946. The number of benzene rings is 2.